The number of benzene rings is 1. The van der Waals surface area contributed by atoms with Gasteiger partial charge >= 0.3 is 0 Å². The highest BCUT2D eigenvalue weighted by molar-refractivity contribution is 7.89. The minimum atomic E-state index is -3.88. The van der Waals surface area contributed by atoms with E-state index in [9.17, 15) is 13.2 Å². The number of carbonyl (C=O) groups excluding carboxylic acids is 1. The van der Waals surface area contributed by atoms with E-state index in [0.717, 1.165) is 31.0 Å². The summed E-state index contributed by atoms with van der Waals surface area (Å²) in [4.78, 5) is 18.9. The van der Waals surface area contributed by atoms with Crippen molar-refractivity contribution in [3.63, 3.8) is 0 Å². The van der Waals surface area contributed by atoms with Gasteiger partial charge in [-0.2, -0.15) is 0 Å². The Labute approximate surface area is 182 Å². The van der Waals surface area contributed by atoms with Gasteiger partial charge < -0.3 is 4.90 Å². The predicted octanol–water partition coefficient (Wildman–Crippen LogP) is 3.87. The molecule has 1 saturated heterocycles. The van der Waals surface area contributed by atoms with E-state index in [1.54, 1.807) is 30.6 Å². The Balaban J connectivity index is 1.50. The van der Waals surface area contributed by atoms with Crippen LogP contribution in [0.5, 0.6) is 0 Å². The zero-order valence-corrected chi connectivity index (χ0v) is 18.3. The van der Waals surface area contributed by atoms with E-state index in [1.165, 1.54) is 37.8 Å². The molecule has 2 aromatic rings. The molecule has 1 aromatic heterocycles. The van der Waals surface area contributed by atoms with Gasteiger partial charge in [-0.05, 0) is 54.5 Å². The molecule has 2 aliphatic rings. The fraction of sp³-hybridized carbons (Fsp3) is 0.455. The van der Waals surface area contributed by atoms with Crippen molar-refractivity contribution in [2.24, 2.45) is 11.8 Å². The molecule has 4 rings (SSSR count). The van der Waals surface area contributed by atoms with Gasteiger partial charge in [0, 0.05) is 37.6 Å². The van der Waals surface area contributed by atoms with Crippen LogP contribution in [0.25, 0.3) is 0 Å². The van der Waals surface area contributed by atoms with Gasteiger partial charge in [0.15, 0.2) is 0 Å². The van der Waals surface area contributed by atoms with Crippen LogP contribution in [0.15, 0.2) is 47.6 Å². The number of sulfonamides is 1. The van der Waals surface area contributed by atoms with Crippen LogP contribution in [0.2, 0.25) is 5.02 Å². The highest BCUT2D eigenvalue weighted by Crippen LogP contribution is 2.36. The third-order valence-corrected chi connectivity index (χ3v) is 8.12. The Kier molecular flexibility index (Phi) is 6.41. The van der Waals surface area contributed by atoms with Crippen LogP contribution in [-0.2, 0) is 16.6 Å². The molecular weight excluding hydrogens is 422 g/mol. The SMILES string of the molecule is O=C(c1ccc(Cl)c(S(=O)(=O)NCc2cccnc2)c1)N1CC[C@H]2CCCC[C@H]2C1. The average Bonchev–Trinajstić information content (AvgIpc) is 2.78. The number of fused-ring (bicyclic) bond motifs is 1. The molecule has 1 aromatic carbocycles. The molecule has 160 valence electrons. The molecule has 30 heavy (non-hydrogen) atoms. The number of piperidine rings is 1. The Morgan fingerprint density at radius 1 is 1.17 bits per heavy atom. The number of nitrogens with zero attached hydrogens (tertiary/aromatic N) is 2. The maximum atomic E-state index is 13.1. The average molecular weight is 448 g/mol. The van der Waals surface area contributed by atoms with Crippen molar-refractivity contribution in [2.45, 2.75) is 43.5 Å². The van der Waals surface area contributed by atoms with E-state index in [2.05, 4.69) is 9.71 Å². The number of carbonyl (C=O) groups is 1. The maximum absolute atomic E-state index is 13.1. The maximum Gasteiger partial charge on any atom is 0.253 e. The molecule has 2 fully saturated rings. The lowest BCUT2D eigenvalue weighted by Gasteiger charge is -2.41. The van der Waals surface area contributed by atoms with Gasteiger partial charge in [-0.25, -0.2) is 13.1 Å². The van der Waals surface area contributed by atoms with E-state index >= 15 is 0 Å². The number of amides is 1. The van der Waals surface area contributed by atoms with Crippen LogP contribution in [-0.4, -0.2) is 37.3 Å². The third-order valence-electron chi connectivity index (χ3n) is 6.24. The first-order chi connectivity index (χ1) is 14.4. The lowest BCUT2D eigenvalue weighted by molar-refractivity contribution is 0.0520. The van der Waals surface area contributed by atoms with Gasteiger partial charge in [-0.1, -0.05) is 36.9 Å². The molecular formula is C22H26ClN3O3S. The Bertz CT molecular complexity index is 1010. The van der Waals surface area contributed by atoms with Gasteiger partial charge in [0.2, 0.25) is 10.0 Å². The molecule has 0 radical (unpaired) electrons. The van der Waals surface area contributed by atoms with Crippen molar-refractivity contribution in [2.75, 3.05) is 13.1 Å². The van der Waals surface area contributed by atoms with Crippen LogP contribution in [0.4, 0.5) is 0 Å². The summed E-state index contributed by atoms with van der Waals surface area (Å²) in [5.41, 5.74) is 1.09. The lowest BCUT2D eigenvalue weighted by Crippen LogP contribution is -2.44. The molecule has 6 nitrogen and oxygen atoms in total. The molecule has 0 spiro atoms. The predicted molar refractivity (Wildman–Crippen MR) is 116 cm³/mol. The number of hydrogen-bond donors (Lipinski definition) is 1. The van der Waals surface area contributed by atoms with Gasteiger partial charge in [0.05, 0.1) is 5.02 Å². The van der Waals surface area contributed by atoms with Gasteiger partial charge in [-0.15, -0.1) is 0 Å². The summed E-state index contributed by atoms with van der Waals surface area (Å²) in [6.45, 7) is 1.58. The third kappa shape index (κ3) is 4.68. The van der Waals surface area contributed by atoms with Gasteiger partial charge in [0.1, 0.15) is 4.90 Å². The van der Waals surface area contributed by atoms with Gasteiger partial charge in [-0.3, -0.25) is 9.78 Å². The van der Waals surface area contributed by atoms with Crippen LogP contribution >= 0.6 is 11.6 Å². The molecule has 2 heterocycles. The molecule has 1 saturated carbocycles. The summed E-state index contributed by atoms with van der Waals surface area (Å²) in [6.07, 6.45) is 9.21. The smallest absolute Gasteiger partial charge is 0.253 e. The van der Waals surface area contributed by atoms with Crippen LogP contribution in [0.3, 0.4) is 0 Å². The number of hydrogen-bond acceptors (Lipinski definition) is 4. The topological polar surface area (TPSA) is 79.4 Å². The van der Waals surface area contributed by atoms with Crippen molar-refractivity contribution in [3.8, 4) is 0 Å². The second-order valence-electron chi connectivity index (χ2n) is 8.18. The second-order valence-corrected chi connectivity index (χ2v) is 10.3. The van der Waals surface area contributed by atoms with Crippen molar-refractivity contribution >= 4 is 27.5 Å². The van der Waals surface area contributed by atoms with Crippen molar-refractivity contribution in [1.29, 1.82) is 0 Å². The standard InChI is InChI=1S/C22H26ClN3O3S/c23-20-8-7-18(22(27)26-11-9-17-5-1-2-6-19(17)15-26)12-21(20)30(28,29)25-14-16-4-3-10-24-13-16/h3-4,7-8,10,12-13,17,19,25H,1-2,5-6,9,11,14-15H2/t17-,19+/m1/s1. The molecule has 1 aliphatic carbocycles. The van der Waals surface area contributed by atoms with E-state index in [4.69, 9.17) is 11.6 Å². The summed E-state index contributed by atoms with van der Waals surface area (Å²) < 4.78 is 28.2. The minimum absolute atomic E-state index is 0.0774. The fourth-order valence-corrected chi connectivity index (χ4v) is 6.11. The molecule has 1 N–H and O–H groups in total. The Hall–Kier alpha value is -1.96. The zero-order chi connectivity index (χ0) is 21.1. The van der Waals surface area contributed by atoms with Crippen molar-refractivity contribution in [3.05, 3.63) is 58.9 Å². The zero-order valence-electron chi connectivity index (χ0n) is 16.8. The number of halogens is 1. The fourth-order valence-electron chi connectivity index (χ4n) is 4.57. The highest BCUT2D eigenvalue weighted by Gasteiger charge is 2.33. The minimum Gasteiger partial charge on any atom is -0.338 e. The molecule has 1 amide bonds. The normalized spacial score (nSPS) is 21.8. The van der Waals surface area contributed by atoms with Crippen molar-refractivity contribution < 1.29 is 13.2 Å². The van der Waals surface area contributed by atoms with Crippen molar-refractivity contribution in [1.82, 2.24) is 14.6 Å². The van der Waals surface area contributed by atoms with E-state index in [-0.39, 0.29) is 22.4 Å². The van der Waals surface area contributed by atoms with Crippen LogP contribution in [0, 0.1) is 11.8 Å². The number of nitrogens with one attached hydrogen (secondary N) is 1. The molecule has 8 heteroatoms. The lowest BCUT2D eigenvalue weighted by atomic mass is 9.75. The molecule has 0 bridgehead atoms. The number of pyridine rings is 1. The summed E-state index contributed by atoms with van der Waals surface area (Å²) in [5.74, 6) is 1.16. The van der Waals surface area contributed by atoms with E-state index < -0.39 is 10.0 Å². The molecule has 0 unspecified atom stereocenters. The molecule has 1 aliphatic heterocycles. The Morgan fingerprint density at radius 2 is 1.97 bits per heavy atom. The number of likely N-dealkylation sites (tertiary alicyclic amines) is 1. The highest BCUT2D eigenvalue weighted by atomic mass is 35.5. The summed E-state index contributed by atoms with van der Waals surface area (Å²) in [5, 5.41) is 0.0937. The quantitative estimate of drug-likeness (QED) is 0.754. The van der Waals surface area contributed by atoms with Crippen LogP contribution < -0.4 is 4.72 Å². The van der Waals surface area contributed by atoms with Gasteiger partial charge in [0.25, 0.3) is 5.91 Å². The monoisotopic (exact) mass is 447 g/mol. The number of rotatable bonds is 5. The van der Waals surface area contributed by atoms with E-state index in [1.807, 2.05) is 4.90 Å². The first kappa shape index (κ1) is 21.3. The van der Waals surface area contributed by atoms with Crippen LogP contribution in [0.1, 0.15) is 48.0 Å². The Morgan fingerprint density at radius 3 is 2.73 bits per heavy atom. The van der Waals surface area contributed by atoms with E-state index in [0.29, 0.717) is 11.5 Å². The summed E-state index contributed by atoms with van der Waals surface area (Å²) in [7, 11) is -3.88. The second kappa shape index (κ2) is 9.04. The summed E-state index contributed by atoms with van der Waals surface area (Å²) in [6, 6.07) is 8.01. The molecule has 2 atom stereocenters. The first-order valence-electron chi connectivity index (χ1n) is 10.4. The largest absolute Gasteiger partial charge is 0.338 e. The number of aromatic nitrogens is 1. The first-order valence-corrected chi connectivity index (χ1v) is 12.3. The summed E-state index contributed by atoms with van der Waals surface area (Å²) >= 11 is 6.19.